The predicted molar refractivity (Wildman–Crippen MR) is 97.2 cm³/mol. The van der Waals surface area contributed by atoms with Crippen molar-refractivity contribution in [2.75, 3.05) is 14.2 Å². The van der Waals surface area contributed by atoms with Gasteiger partial charge in [0.05, 0.1) is 18.9 Å². The van der Waals surface area contributed by atoms with Crippen LogP contribution in [0, 0.1) is 6.92 Å². The molecule has 1 saturated carbocycles. The number of nitrogens with zero attached hydrogens (tertiary/aromatic N) is 3. The number of aromatic nitrogens is 3. The van der Waals surface area contributed by atoms with Gasteiger partial charge in [0.25, 0.3) is 0 Å². The number of hydrogen-bond donors (Lipinski definition) is 1. The normalized spacial score (nSPS) is 23.0. The van der Waals surface area contributed by atoms with E-state index >= 15 is 0 Å². The zero-order valence-corrected chi connectivity index (χ0v) is 15.5. The maximum Gasteiger partial charge on any atom is 0.313 e. The summed E-state index contributed by atoms with van der Waals surface area (Å²) in [6, 6.07) is 8.06. The molecule has 3 atom stereocenters. The Balaban J connectivity index is 1.94. The van der Waals surface area contributed by atoms with Gasteiger partial charge in [-0.1, -0.05) is 17.7 Å². The second-order valence-electron chi connectivity index (χ2n) is 6.83. The molecule has 1 aliphatic rings. The van der Waals surface area contributed by atoms with Crippen molar-refractivity contribution < 1.29 is 14.3 Å². The van der Waals surface area contributed by atoms with Crippen molar-refractivity contribution in [1.29, 1.82) is 0 Å². The van der Waals surface area contributed by atoms with Gasteiger partial charge in [-0.2, -0.15) is 5.10 Å². The van der Waals surface area contributed by atoms with Crippen LogP contribution in [0.2, 0.25) is 0 Å². The van der Waals surface area contributed by atoms with Crippen LogP contribution in [0.4, 0.5) is 0 Å². The van der Waals surface area contributed by atoms with Crippen molar-refractivity contribution in [2.45, 2.75) is 50.7 Å². The second-order valence-corrected chi connectivity index (χ2v) is 6.83. The van der Waals surface area contributed by atoms with Crippen LogP contribution in [-0.2, 0) is 20.7 Å². The monoisotopic (exact) mass is 358 g/mol. The van der Waals surface area contributed by atoms with Gasteiger partial charge < -0.3 is 15.2 Å². The second kappa shape index (κ2) is 7.97. The highest BCUT2D eigenvalue weighted by Crippen LogP contribution is 2.33. The van der Waals surface area contributed by atoms with Crippen LogP contribution in [0.15, 0.2) is 24.3 Å². The van der Waals surface area contributed by atoms with E-state index in [-0.39, 0.29) is 30.5 Å². The van der Waals surface area contributed by atoms with E-state index in [1.165, 1.54) is 12.7 Å². The smallest absolute Gasteiger partial charge is 0.313 e. The van der Waals surface area contributed by atoms with Gasteiger partial charge in [-0.15, -0.1) is 0 Å². The molecule has 1 aromatic carbocycles. The topological polar surface area (TPSA) is 92.3 Å². The van der Waals surface area contributed by atoms with Crippen LogP contribution < -0.4 is 5.73 Å². The number of aryl methyl sites for hydroxylation is 1. The fourth-order valence-electron chi connectivity index (χ4n) is 3.49. The third kappa shape index (κ3) is 3.94. The van der Waals surface area contributed by atoms with Gasteiger partial charge in [0.2, 0.25) is 0 Å². The Kier molecular flexibility index (Phi) is 5.68. The number of carbonyl (C=O) groups excluding carboxylic acids is 1. The van der Waals surface area contributed by atoms with Crippen molar-refractivity contribution in [3.63, 3.8) is 0 Å². The van der Waals surface area contributed by atoms with Crippen LogP contribution in [0.5, 0.6) is 0 Å². The quantitative estimate of drug-likeness (QED) is 0.821. The average molecular weight is 358 g/mol. The lowest BCUT2D eigenvalue weighted by Crippen LogP contribution is -2.41. The minimum Gasteiger partial charge on any atom is -0.469 e. The van der Waals surface area contributed by atoms with Gasteiger partial charge >= 0.3 is 5.97 Å². The van der Waals surface area contributed by atoms with Crippen molar-refractivity contribution >= 4 is 5.97 Å². The van der Waals surface area contributed by atoms with Crippen molar-refractivity contribution in [1.82, 2.24) is 14.8 Å². The van der Waals surface area contributed by atoms with Gasteiger partial charge in [-0.3, -0.25) is 4.79 Å². The summed E-state index contributed by atoms with van der Waals surface area (Å²) in [5, 5.41) is 4.57. The first kappa shape index (κ1) is 18.5. The molecule has 0 amide bonds. The number of nitrogens with two attached hydrogens (primary N) is 1. The molecule has 0 bridgehead atoms. The summed E-state index contributed by atoms with van der Waals surface area (Å²) in [6.45, 7) is 2.04. The van der Waals surface area contributed by atoms with E-state index in [2.05, 4.69) is 10.1 Å². The molecule has 1 aromatic heterocycles. The Hall–Kier alpha value is -2.25. The number of esters is 1. The van der Waals surface area contributed by atoms with Crippen molar-refractivity contribution in [3.05, 3.63) is 41.5 Å². The minimum absolute atomic E-state index is 0.0361. The number of methoxy groups -OCH3 is 2. The molecule has 0 radical (unpaired) electrons. The lowest BCUT2D eigenvalue weighted by Gasteiger charge is -2.32. The van der Waals surface area contributed by atoms with Gasteiger partial charge in [0.15, 0.2) is 5.82 Å². The van der Waals surface area contributed by atoms with Crippen molar-refractivity contribution in [2.24, 2.45) is 5.73 Å². The number of rotatable bonds is 5. The molecule has 0 spiro atoms. The minimum atomic E-state index is -0.350. The first-order valence-electron chi connectivity index (χ1n) is 8.90. The Labute approximate surface area is 153 Å². The molecule has 7 nitrogen and oxygen atoms in total. The van der Waals surface area contributed by atoms with E-state index in [1.54, 1.807) is 7.11 Å². The standard InChI is InChI=1S/C19H26N4O3/c1-12-4-7-14(8-5-12)23-19(21-17(22-23)11-18(24)26-3)13-6-9-16(25-2)15(20)10-13/h4-5,7-8,13,15-16H,6,9-11,20H2,1-3H3/t13-,15+,16+/m0/s1. The SMILES string of the molecule is COC(=O)Cc1nc([C@H]2CC[C@@H](OC)[C@H](N)C2)n(-c2ccc(C)cc2)n1. The predicted octanol–water partition coefficient (Wildman–Crippen LogP) is 1.90. The molecule has 3 rings (SSSR count). The van der Waals surface area contributed by atoms with Crippen LogP contribution in [0.3, 0.4) is 0 Å². The summed E-state index contributed by atoms with van der Waals surface area (Å²) in [5.74, 6) is 1.14. The molecule has 1 fully saturated rings. The van der Waals surface area contributed by atoms with Gasteiger partial charge in [0, 0.05) is 19.1 Å². The number of benzene rings is 1. The fourth-order valence-corrected chi connectivity index (χ4v) is 3.49. The van der Waals surface area contributed by atoms with Crippen molar-refractivity contribution in [3.8, 4) is 5.69 Å². The third-order valence-electron chi connectivity index (χ3n) is 4.99. The first-order chi connectivity index (χ1) is 12.5. The van der Waals surface area contributed by atoms with Crippen LogP contribution in [0.1, 0.15) is 42.4 Å². The molecule has 2 aromatic rings. The molecule has 0 saturated heterocycles. The molecule has 0 unspecified atom stereocenters. The highest BCUT2D eigenvalue weighted by atomic mass is 16.5. The maximum absolute atomic E-state index is 11.6. The highest BCUT2D eigenvalue weighted by Gasteiger charge is 2.32. The number of hydrogen-bond acceptors (Lipinski definition) is 6. The molecule has 140 valence electrons. The van der Waals surface area contributed by atoms with Crippen LogP contribution in [-0.4, -0.2) is 47.1 Å². The van der Waals surface area contributed by atoms with Crippen LogP contribution in [0.25, 0.3) is 5.69 Å². The molecule has 1 aliphatic carbocycles. The molecule has 2 N–H and O–H groups in total. The van der Waals surface area contributed by atoms with Gasteiger partial charge in [-0.05, 0) is 38.3 Å². The first-order valence-corrected chi connectivity index (χ1v) is 8.90. The molecular weight excluding hydrogens is 332 g/mol. The molecule has 26 heavy (non-hydrogen) atoms. The highest BCUT2D eigenvalue weighted by molar-refractivity contribution is 5.71. The molecule has 1 heterocycles. The van der Waals surface area contributed by atoms with Gasteiger partial charge in [-0.25, -0.2) is 9.67 Å². The van der Waals surface area contributed by atoms with E-state index in [4.69, 9.17) is 15.2 Å². The van der Waals surface area contributed by atoms with E-state index in [1.807, 2.05) is 35.9 Å². The Morgan fingerprint density at radius 3 is 2.62 bits per heavy atom. The number of ether oxygens (including phenoxy) is 2. The molecule has 0 aliphatic heterocycles. The molecular formula is C19H26N4O3. The van der Waals surface area contributed by atoms with E-state index in [9.17, 15) is 4.79 Å². The number of carbonyl (C=O) groups is 1. The lowest BCUT2D eigenvalue weighted by atomic mass is 9.83. The Bertz CT molecular complexity index is 757. The van der Waals surface area contributed by atoms with Crippen LogP contribution >= 0.6 is 0 Å². The zero-order valence-electron chi connectivity index (χ0n) is 15.5. The zero-order chi connectivity index (χ0) is 18.7. The lowest BCUT2D eigenvalue weighted by molar-refractivity contribution is -0.139. The fraction of sp³-hybridized carbons (Fsp3) is 0.526. The Morgan fingerprint density at radius 2 is 2.00 bits per heavy atom. The third-order valence-corrected chi connectivity index (χ3v) is 4.99. The summed E-state index contributed by atoms with van der Waals surface area (Å²) in [5.41, 5.74) is 8.38. The summed E-state index contributed by atoms with van der Waals surface area (Å²) < 4.78 is 12.0. The maximum atomic E-state index is 11.6. The molecule has 7 heteroatoms. The Morgan fingerprint density at radius 1 is 1.27 bits per heavy atom. The van der Waals surface area contributed by atoms with E-state index in [0.717, 1.165) is 30.8 Å². The summed E-state index contributed by atoms with van der Waals surface area (Å²) >= 11 is 0. The average Bonchev–Trinajstić information content (AvgIpc) is 3.05. The van der Waals surface area contributed by atoms with E-state index < -0.39 is 0 Å². The summed E-state index contributed by atoms with van der Waals surface area (Å²) in [6.07, 6.45) is 2.73. The largest absolute Gasteiger partial charge is 0.469 e. The van der Waals surface area contributed by atoms with Gasteiger partial charge in [0.1, 0.15) is 12.2 Å². The summed E-state index contributed by atoms with van der Waals surface area (Å²) in [7, 11) is 3.07. The summed E-state index contributed by atoms with van der Waals surface area (Å²) in [4.78, 5) is 16.3. The van der Waals surface area contributed by atoms with E-state index in [0.29, 0.717) is 5.82 Å².